The van der Waals surface area contributed by atoms with Crippen LogP contribution in [0.15, 0.2) is 12.1 Å². The molecule has 8 nitrogen and oxygen atoms in total. The summed E-state index contributed by atoms with van der Waals surface area (Å²) >= 11 is 0. The van der Waals surface area contributed by atoms with Gasteiger partial charge in [-0.2, -0.15) is 0 Å². The van der Waals surface area contributed by atoms with E-state index in [4.69, 9.17) is 0 Å². The molecule has 17 heavy (non-hydrogen) atoms. The number of aliphatic hydroxyl groups is 2. The number of nitro groups is 1. The molecule has 0 radical (unpaired) electrons. The van der Waals surface area contributed by atoms with E-state index in [-0.39, 0.29) is 24.6 Å². The van der Waals surface area contributed by atoms with E-state index >= 15 is 0 Å². The van der Waals surface area contributed by atoms with Crippen LogP contribution in [0.3, 0.4) is 0 Å². The van der Waals surface area contributed by atoms with Crippen molar-refractivity contribution in [3.05, 3.63) is 27.9 Å². The number of β-amino-alcohol motifs (C(OH)–C–C–N with tert-alkyl or cyclic N) is 2. The molecule has 0 aliphatic carbocycles. The molecule has 2 atom stereocenters. The Morgan fingerprint density at radius 3 is 2.47 bits per heavy atom. The van der Waals surface area contributed by atoms with Gasteiger partial charge >= 0.3 is 5.82 Å². The summed E-state index contributed by atoms with van der Waals surface area (Å²) in [6, 6.07) is 2.49. The van der Waals surface area contributed by atoms with Crippen LogP contribution >= 0.6 is 0 Å². The van der Waals surface area contributed by atoms with Crippen LogP contribution in [0.2, 0.25) is 0 Å². The lowest BCUT2D eigenvalue weighted by Gasteiger charge is -2.12. The molecule has 1 amide bonds. The minimum atomic E-state index is -0.969. The maximum absolute atomic E-state index is 11.8. The molecule has 1 aromatic rings. The molecule has 1 aliphatic rings. The first-order chi connectivity index (χ1) is 7.99. The fourth-order valence-corrected chi connectivity index (χ4v) is 1.72. The van der Waals surface area contributed by atoms with E-state index in [1.807, 2.05) is 0 Å². The summed E-state index contributed by atoms with van der Waals surface area (Å²) in [6.07, 6.45) is -1.94. The van der Waals surface area contributed by atoms with Gasteiger partial charge in [0, 0.05) is 19.2 Å². The van der Waals surface area contributed by atoms with E-state index < -0.39 is 23.0 Å². The summed E-state index contributed by atoms with van der Waals surface area (Å²) in [7, 11) is 0. The number of aromatic amines is 1. The van der Waals surface area contributed by atoms with Crippen molar-refractivity contribution < 1.29 is 19.9 Å². The summed E-state index contributed by atoms with van der Waals surface area (Å²) < 4.78 is 0. The molecule has 0 saturated carbocycles. The van der Waals surface area contributed by atoms with E-state index in [2.05, 4.69) is 4.98 Å². The van der Waals surface area contributed by atoms with E-state index in [1.165, 1.54) is 17.0 Å². The van der Waals surface area contributed by atoms with Gasteiger partial charge in [-0.1, -0.05) is 0 Å². The first-order valence-corrected chi connectivity index (χ1v) is 4.98. The molecular weight excluding hydrogens is 230 g/mol. The standard InChI is InChI=1S/C9H11N3O5/c13-6-3-11(4-7(6)14)9(15)5-1-2-8(10-5)12(16)17/h1-2,6-7,10,13-14H,3-4H2. The average molecular weight is 241 g/mol. The highest BCUT2D eigenvalue weighted by molar-refractivity contribution is 5.93. The molecule has 3 N–H and O–H groups in total. The molecular formula is C9H11N3O5. The van der Waals surface area contributed by atoms with Gasteiger partial charge in [0.1, 0.15) is 0 Å². The highest BCUT2D eigenvalue weighted by Crippen LogP contribution is 2.16. The molecule has 1 aromatic heterocycles. The number of amides is 1. The summed E-state index contributed by atoms with van der Waals surface area (Å²) in [5.41, 5.74) is 0.0676. The van der Waals surface area contributed by atoms with Gasteiger partial charge in [0.05, 0.1) is 12.2 Å². The van der Waals surface area contributed by atoms with Crippen LogP contribution in [-0.4, -0.2) is 56.2 Å². The Balaban J connectivity index is 2.12. The lowest BCUT2D eigenvalue weighted by molar-refractivity contribution is -0.389. The van der Waals surface area contributed by atoms with Crippen LogP contribution in [0.1, 0.15) is 10.5 Å². The Labute approximate surface area is 95.6 Å². The third-order valence-electron chi connectivity index (χ3n) is 2.64. The number of aromatic nitrogens is 1. The zero-order valence-electron chi connectivity index (χ0n) is 8.74. The number of nitrogens with zero attached hydrogens (tertiary/aromatic N) is 2. The first kappa shape index (κ1) is 11.6. The fraction of sp³-hybridized carbons (Fsp3) is 0.444. The van der Waals surface area contributed by atoms with E-state index in [1.54, 1.807) is 0 Å². The van der Waals surface area contributed by atoms with Gasteiger partial charge in [0.15, 0.2) is 5.69 Å². The van der Waals surface area contributed by atoms with Crippen LogP contribution in [0.5, 0.6) is 0 Å². The number of likely N-dealkylation sites (tertiary alicyclic amines) is 1. The number of rotatable bonds is 2. The van der Waals surface area contributed by atoms with Gasteiger partial charge in [-0.05, 0) is 11.0 Å². The van der Waals surface area contributed by atoms with Gasteiger partial charge in [-0.3, -0.25) is 4.79 Å². The molecule has 92 valence electrons. The SMILES string of the molecule is O=C(c1ccc([N+](=O)[O-])[nH]1)N1CC(O)C(O)C1. The van der Waals surface area contributed by atoms with Crippen molar-refractivity contribution >= 4 is 11.7 Å². The second-order valence-corrected chi connectivity index (χ2v) is 3.86. The Bertz CT molecular complexity index is 447. The Hall–Kier alpha value is -1.93. The zero-order chi connectivity index (χ0) is 12.6. The number of hydrogen-bond donors (Lipinski definition) is 3. The highest BCUT2D eigenvalue weighted by Gasteiger charge is 2.34. The van der Waals surface area contributed by atoms with Gasteiger partial charge in [0.2, 0.25) is 0 Å². The van der Waals surface area contributed by atoms with Crippen LogP contribution < -0.4 is 0 Å². The lowest BCUT2D eigenvalue weighted by atomic mass is 10.3. The molecule has 2 heterocycles. The van der Waals surface area contributed by atoms with Crippen molar-refractivity contribution in [3.8, 4) is 0 Å². The molecule has 0 bridgehead atoms. The minimum absolute atomic E-state index is 0.0207. The maximum atomic E-state index is 11.8. The number of carbonyl (C=O) groups is 1. The van der Waals surface area contributed by atoms with E-state index in [9.17, 15) is 25.1 Å². The summed E-state index contributed by atoms with van der Waals surface area (Å²) in [6.45, 7) is 0.0413. The van der Waals surface area contributed by atoms with Crippen molar-refractivity contribution in [2.45, 2.75) is 12.2 Å². The van der Waals surface area contributed by atoms with Crippen LogP contribution in [-0.2, 0) is 0 Å². The van der Waals surface area contributed by atoms with Crippen molar-refractivity contribution in [2.75, 3.05) is 13.1 Å². The number of hydrogen-bond acceptors (Lipinski definition) is 5. The van der Waals surface area contributed by atoms with Gasteiger partial charge in [0.25, 0.3) is 5.91 Å². The normalized spacial score (nSPS) is 24.0. The topological polar surface area (TPSA) is 120 Å². The van der Waals surface area contributed by atoms with Crippen molar-refractivity contribution in [1.29, 1.82) is 0 Å². The van der Waals surface area contributed by atoms with Gasteiger partial charge in [-0.15, -0.1) is 0 Å². The van der Waals surface area contributed by atoms with Crippen LogP contribution in [0.25, 0.3) is 0 Å². The molecule has 0 aromatic carbocycles. The molecule has 1 saturated heterocycles. The Kier molecular flexibility index (Phi) is 2.82. The van der Waals surface area contributed by atoms with Crippen molar-refractivity contribution in [3.63, 3.8) is 0 Å². The molecule has 2 rings (SSSR count). The highest BCUT2D eigenvalue weighted by atomic mass is 16.6. The zero-order valence-corrected chi connectivity index (χ0v) is 8.74. The summed E-state index contributed by atoms with van der Waals surface area (Å²) in [5, 5.41) is 29.0. The predicted octanol–water partition coefficient (Wildman–Crippen LogP) is -0.900. The smallest absolute Gasteiger partial charge is 0.321 e. The third-order valence-corrected chi connectivity index (χ3v) is 2.64. The fourth-order valence-electron chi connectivity index (χ4n) is 1.72. The predicted molar refractivity (Wildman–Crippen MR) is 55.4 cm³/mol. The minimum Gasteiger partial charge on any atom is -0.388 e. The van der Waals surface area contributed by atoms with E-state index in [0.29, 0.717) is 0 Å². The molecule has 8 heteroatoms. The number of aliphatic hydroxyl groups excluding tert-OH is 2. The Morgan fingerprint density at radius 1 is 1.41 bits per heavy atom. The summed E-state index contributed by atoms with van der Waals surface area (Å²) in [5.74, 6) is -0.748. The maximum Gasteiger partial charge on any atom is 0.321 e. The quantitative estimate of drug-likeness (QED) is 0.458. The largest absolute Gasteiger partial charge is 0.388 e. The Morgan fingerprint density at radius 2 is 2.00 bits per heavy atom. The second kappa shape index (κ2) is 4.15. The van der Waals surface area contributed by atoms with Crippen LogP contribution in [0.4, 0.5) is 5.82 Å². The number of nitrogens with one attached hydrogen (secondary N) is 1. The third kappa shape index (κ3) is 2.12. The molecule has 1 fully saturated rings. The number of H-pyrrole nitrogens is 1. The first-order valence-electron chi connectivity index (χ1n) is 4.98. The van der Waals surface area contributed by atoms with Gasteiger partial charge in [-0.25, -0.2) is 4.98 Å². The van der Waals surface area contributed by atoms with Crippen LogP contribution in [0, 0.1) is 10.1 Å². The lowest BCUT2D eigenvalue weighted by Crippen LogP contribution is -2.30. The number of carbonyl (C=O) groups excluding carboxylic acids is 1. The van der Waals surface area contributed by atoms with Gasteiger partial charge < -0.3 is 25.2 Å². The average Bonchev–Trinajstić information content (AvgIpc) is 2.86. The monoisotopic (exact) mass is 241 g/mol. The van der Waals surface area contributed by atoms with E-state index in [0.717, 1.165) is 0 Å². The second-order valence-electron chi connectivity index (χ2n) is 3.86. The molecule has 1 aliphatic heterocycles. The summed E-state index contributed by atoms with van der Waals surface area (Å²) in [4.78, 5) is 25.2. The molecule has 2 unspecified atom stereocenters. The molecule has 0 spiro atoms. The van der Waals surface area contributed by atoms with Crippen molar-refractivity contribution in [2.24, 2.45) is 0 Å². The van der Waals surface area contributed by atoms with Crippen molar-refractivity contribution in [1.82, 2.24) is 9.88 Å².